The van der Waals surface area contributed by atoms with E-state index in [4.69, 9.17) is 9.40 Å². The van der Waals surface area contributed by atoms with Gasteiger partial charge in [0.05, 0.1) is 10.2 Å². The van der Waals surface area contributed by atoms with Gasteiger partial charge < -0.3 is 9.32 Å². The number of thiazole rings is 1. The first-order chi connectivity index (χ1) is 14.5. The Morgan fingerprint density at radius 3 is 2.47 bits per heavy atom. The Morgan fingerprint density at radius 1 is 1.03 bits per heavy atom. The predicted octanol–water partition coefficient (Wildman–Crippen LogP) is 5.65. The van der Waals surface area contributed by atoms with Gasteiger partial charge in [-0.05, 0) is 50.2 Å². The van der Waals surface area contributed by atoms with Crippen molar-refractivity contribution in [3.05, 3.63) is 59.4 Å². The number of fused-ring (bicyclic) bond motifs is 2. The Hall–Kier alpha value is -2.70. The van der Waals surface area contributed by atoms with Gasteiger partial charge in [0.1, 0.15) is 5.58 Å². The van der Waals surface area contributed by atoms with Gasteiger partial charge in [-0.15, -0.1) is 0 Å². The molecule has 0 unspecified atom stereocenters. The van der Waals surface area contributed by atoms with E-state index in [0.717, 1.165) is 51.5 Å². The van der Waals surface area contributed by atoms with E-state index in [-0.39, 0.29) is 5.91 Å². The van der Waals surface area contributed by atoms with Crippen LogP contribution in [-0.4, -0.2) is 42.0 Å². The third-order valence-corrected chi connectivity index (χ3v) is 6.79. The molecule has 0 radical (unpaired) electrons. The number of aromatic nitrogens is 1. The molecule has 0 N–H and O–H groups in total. The van der Waals surface area contributed by atoms with Gasteiger partial charge in [-0.3, -0.25) is 9.69 Å². The minimum atomic E-state index is -0.146. The van der Waals surface area contributed by atoms with Gasteiger partial charge >= 0.3 is 0 Å². The lowest BCUT2D eigenvalue weighted by atomic mass is 10.1. The molecule has 0 spiro atoms. The summed E-state index contributed by atoms with van der Waals surface area (Å²) >= 11 is 1.58. The Morgan fingerprint density at radius 2 is 1.77 bits per heavy atom. The second-order valence-corrected chi connectivity index (χ2v) is 8.48. The predicted molar refractivity (Wildman–Crippen MR) is 125 cm³/mol. The number of carbonyl (C=O) groups is 1. The number of aryl methyl sites for hydroxylation is 2. The smallest absolute Gasteiger partial charge is 0.295 e. The molecule has 0 atom stereocenters. The first-order valence-electron chi connectivity index (χ1n) is 10.4. The van der Waals surface area contributed by atoms with Crippen LogP contribution in [0.15, 0.2) is 46.9 Å². The van der Waals surface area contributed by atoms with Crippen LogP contribution < -0.4 is 4.90 Å². The lowest BCUT2D eigenvalue weighted by molar-refractivity contribution is 0.0959. The standard InChI is InChI=1S/C24H27N3O2S/c1-5-26(6-2)13-14-27(23(28)20-15-18-9-7-8-10-19(18)29-20)24-25-21-16(3)11-12-17(4)22(21)30-24/h7-12,15H,5-6,13-14H2,1-4H3. The van der Waals surface area contributed by atoms with Crippen LogP contribution in [0.1, 0.15) is 35.5 Å². The van der Waals surface area contributed by atoms with Crippen LogP contribution in [0.5, 0.6) is 0 Å². The molecule has 4 rings (SSSR count). The number of anilines is 1. The van der Waals surface area contributed by atoms with Crippen molar-refractivity contribution >= 4 is 43.6 Å². The van der Waals surface area contributed by atoms with Gasteiger partial charge in [-0.25, -0.2) is 4.98 Å². The normalized spacial score (nSPS) is 11.6. The summed E-state index contributed by atoms with van der Waals surface area (Å²) < 4.78 is 7.02. The van der Waals surface area contributed by atoms with Crippen LogP contribution in [0.3, 0.4) is 0 Å². The monoisotopic (exact) mass is 421 g/mol. The molecule has 0 saturated carbocycles. The first-order valence-corrected chi connectivity index (χ1v) is 11.2. The second-order valence-electron chi connectivity index (χ2n) is 7.51. The van der Waals surface area contributed by atoms with Crippen molar-refractivity contribution in [1.29, 1.82) is 0 Å². The molecular weight excluding hydrogens is 394 g/mol. The zero-order valence-corrected chi connectivity index (χ0v) is 18.8. The number of hydrogen-bond acceptors (Lipinski definition) is 5. The highest BCUT2D eigenvalue weighted by molar-refractivity contribution is 7.22. The summed E-state index contributed by atoms with van der Waals surface area (Å²) in [6, 6.07) is 13.7. The van der Waals surface area contributed by atoms with E-state index in [2.05, 4.69) is 44.7 Å². The minimum Gasteiger partial charge on any atom is -0.451 e. The van der Waals surface area contributed by atoms with Gasteiger partial charge in [0, 0.05) is 18.5 Å². The topological polar surface area (TPSA) is 49.6 Å². The summed E-state index contributed by atoms with van der Waals surface area (Å²) in [5.74, 6) is 0.205. The SMILES string of the molecule is CCN(CC)CCN(C(=O)c1cc2ccccc2o1)c1nc2c(C)ccc(C)c2s1. The Bertz CT molecular complexity index is 1120. The van der Waals surface area contributed by atoms with Crippen LogP contribution in [0.25, 0.3) is 21.2 Å². The molecule has 30 heavy (non-hydrogen) atoms. The molecule has 6 heteroatoms. The molecule has 1 amide bonds. The van der Waals surface area contributed by atoms with E-state index < -0.39 is 0 Å². The first kappa shape index (κ1) is 20.6. The molecular formula is C24H27N3O2S. The van der Waals surface area contributed by atoms with Gasteiger partial charge in [-0.2, -0.15) is 0 Å². The third kappa shape index (κ3) is 3.85. The van der Waals surface area contributed by atoms with Crippen molar-refractivity contribution in [3.8, 4) is 0 Å². The van der Waals surface area contributed by atoms with Gasteiger partial charge in [-0.1, -0.05) is 55.5 Å². The van der Waals surface area contributed by atoms with E-state index in [1.165, 1.54) is 5.56 Å². The lowest BCUT2D eigenvalue weighted by Gasteiger charge is -2.24. The molecule has 2 heterocycles. The van der Waals surface area contributed by atoms with Gasteiger partial charge in [0.2, 0.25) is 0 Å². The summed E-state index contributed by atoms with van der Waals surface area (Å²) in [5.41, 5.74) is 4.00. The molecule has 0 aliphatic rings. The number of likely N-dealkylation sites (N-methyl/N-ethyl adjacent to an activating group) is 1. The Labute approximate surface area is 180 Å². The molecule has 2 aromatic heterocycles. The van der Waals surface area contributed by atoms with Gasteiger partial charge in [0.15, 0.2) is 10.9 Å². The summed E-state index contributed by atoms with van der Waals surface area (Å²) in [6.07, 6.45) is 0. The highest BCUT2D eigenvalue weighted by Gasteiger charge is 2.25. The summed E-state index contributed by atoms with van der Waals surface area (Å²) in [6.45, 7) is 11.7. The molecule has 5 nitrogen and oxygen atoms in total. The van der Waals surface area contributed by atoms with Crippen LogP contribution >= 0.6 is 11.3 Å². The third-order valence-electron chi connectivity index (χ3n) is 5.58. The van der Waals surface area contributed by atoms with E-state index in [9.17, 15) is 4.79 Å². The summed E-state index contributed by atoms with van der Waals surface area (Å²) in [4.78, 5) is 22.5. The number of furan rings is 1. The van der Waals surface area contributed by atoms with Gasteiger partial charge in [0.25, 0.3) is 5.91 Å². The fraction of sp³-hybridized carbons (Fsp3) is 0.333. The zero-order chi connectivity index (χ0) is 21.3. The van der Waals surface area contributed by atoms with Crippen molar-refractivity contribution in [1.82, 2.24) is 9.88 Å². The van der Waals surface area contributed by atoms with E-state index in [1.54, 1.807) is 16.2 Å². The number of para-hydroxylation sites is 1. The molecule has 0 aliphatic heterocycles. The van der Waals surface area contributed by atoms with E-state index in [1.807, 2.05) is 30.3 Å². The van der Waals surface area contributed by atoms with Crippen molar-refractivity contribution in [2.45, 2.75) is 27.7 Å². The molecule has 2 aromatic carbocycles. The maximum absolute atomic E-state index is 13.5. The lowest BCUT2D eigenvalue weighted by Crippen LogP contribution is -2.38. The molecule has 4 aromatic rings. The molecule has 0 saturated heterocycles. The van der Waals surface area contributed by atoms with Crippen LogP contribution in [0, 0.1) is 13.8 Å². The fourth-order valence-electron chi connectivity index (χ4n) is 3.65. The number of hydrogen-bond donors (Lipinski definition) is 0. The van der Waals surface area contributed by atoms with E-state index in [0.29, 0.717) is 12.3 Å². The second kappa shape index (κ2) is 8.58. The largest absolute Gasteiger partial charge is 0.451 e. The number of amides is 1. The van der Waals surface area contributed by atoms with Crippen LogP contribution in [-0.2, 0) is 0 Å². The van der Waals surface area contributed by atoms with Crippen molar-refractivity contribution < 1.29 is 9.21 Å². The van der Waals surface area contributed by atoms with Crippen LogP contribution in [0.4, 0.5) is 5.13 Å². The zero-order valence-electron chi connectivity index (χ0n) is 17.9. The van der Waals surface area contributed by atoms with Crippen LogP contribution in [0.2, 0.25) is 0 Å². The van der Waals surface area contributed by atoms with Crippen molar-refractivity contribution in [2.24, 2.45) is 0 Å². The van der Waals surface area contributed by atoms with Crippen molar-refractivity contribution in [3.63, 3.8) is 0 Å². The average Bonchev–Trinajstić information content (AvgIpc) is 3.39. The molecule has 0 aliphatic carbocycles. The molecule has 0 bridgehead atoms. The maximum Gasteiger partial charge on any atom is 0.295 e. The molecule has 0 fully saturated rings. The summed E-state index contributed by atoms with van der Waals surface area (Å²) in [7, 11) is 0. The Balaban J connectivity index is 1.74. The average molecular weight is 422 g/mol. The summed E-state index contributed by atoms with van der Waals surface area (Å²) in [5, 5.41) is 1.65. The highest BCUT2D eigenvalue weighted by Crippen LogP contribution is 2.34. The highest BCUT2D eigenvalue weighted by atomic mass is 32.1. The molecule has 156 valence electrons. The minimum absolute atomic E-state index is 0.146. The number of carbonyl (C=O) groups excluding carboxylic acids is 1. The number of rotatable bonds is 7. The number of benzene rings is 2. The van der Waals surface area contributed by atoms with E-state index >= 15 is 0 Å². The van der Waals surface area contributed by atoms with Crippen molar-refractivity contribution in [2.75, 3.05) is 31.1 Å². The Kier molecular flexibility index (Phi) is 5.88. The fourth-order valence-corrected chi connectivity index (χ4v) is 4.79. The maximum atomic E-state index is 13.5. The number of nitrogens with zero attached hydrogens (tertiary/aromatic N) is 3. The quantitative estimate of drug-likeness (QED) is 0.387.